The number of halogens is 3. The highest BCUT2D eigenvalue weighted by molar-refractivity contribution is 6.07. The van der Waals surface area contributed by atoms with Gasteiger partial charge in [-0.2, -0.15) is 13.2 Å². The molecule has 0 fully saturated rings. The first-order chi connectivity index (χ1) is 10.9. The average molecular weight is 321 g/mol. The number of aromatic nitrogens is 1. The van der Waals surface area contributed by atoms with Crippen LogP contribution < -0.4 is 0 Å². The van der Waals surface area contributed by atoms with Crippen LogP contribution >= 0.6 is 0 Å². The van der Waals surface area contributed by atoms with E-state index in [1.807, 2.05) is 0 Å². The SMILES string of the molecule is CCOC(=O)Cc1ccc2c(c1)[nH]c1ccc(C(F)(F)F)cc12. The Hall–Kier alpha value is -2.50. The number of carbonyl (C=O) groups is 1. The molecule has 3 rings (SSSR count). The molecule has 0 unspecified atom stereocenters. The fourth-order valence-electron chi connectivity index (χ4n) is 2.62. The molecule has 120 valence electrons. The third-order valence-electron chi connectivity index (χ3n) is 3.64. The molecule has 0 saturated carbocycles. The third kappa shape index (κ3) is 3.02. The predicted molar refractivity (Wildman–Crippen MR) is 81.1 cm³/mol. The summed E-state index contributed by atoms with van der Waals surface area (Å²) >= 11 is 0. The smallest absolute Gasteiger partial charge is 0.416 e. The summed E-state index contributed by atoms with van der Waals surface area (Å²) in [6, 6.07) is 8.83. The second kappa shape index (κ2) is 5.61. The summed E-state index contributed by atoms with van der Waals surface area (Å²) in [5, 5.41) is 1.20. The van der Waals surface area contributed by atoms with Crippen molar-refractivity contribution in [3.05, 3.63) is 47.5 Å². The number of hydrogen-bond donors (Lipinski definition) is 1. The summed E-state index contributed by atoms with van der Waals surface area (Å²) < 4.78 is 43.4. The van der Waals surface area contributed by atoms with Gasteiger partial charge < -0.3 is 9.72 Å². The Labute approximate surface area is 130 Å². The van der Waals surface area contributed by atoms with Gasteiger partial charge in [0.1, 0.15) is 0 Å². The van der Waals surface area contributed by atoms with Crippen molar-refractivity contribution in [1.29, 1.82) is 0 Å². The Bertz CT molecular complexity index is 881. The number of fused-ring (bicyclic) bond motifs is 3. The van der Waals surface area contributed by atoms with E-state index in [2.05, 4.69) is 4.98 Å². The maximum absolute atomic E-state index is 12.8. The van der Waals surface area contributed by atoms with Gasteiger partial charge in [0.2, 0.25) is 0 Å². The van der Waals surface area contributed by atoms with E-state index in [-0.39, 0.29) is 12.4 Å². The molecule has 0 aliphatic rings. The van der Waals surface area contributed by atoms with E-state index in [0.29, 0.717) is 28.4 Å². The molecule has 0 spiro atoms. The largest absolute Gasteiger partial charge is 0.466 e. The number of hydrogen-bond acceptors (Lipinski definition) is 2. The van der Waals surface area contributed by atoms with Gasteiger partial charge in [-0.25, -0.2) is 0 Å². The Kier molecular flexibility index (Phi) is 3.75. The zero-order valence-electron chi connectivity index (χ0n) is 12.3. The van der Waals surface area contributed by atoms with E-state index >= 15 is 0 Å². The summed E-state index contributed by atoms with van der Waals surface area (Å²) in [7, 11) is 0. The number of alkyl halides is 3. The van der Waals surface area contributed by atoms with E-state index < -0.39 is 11.7 Å². The van der Waals surface area contributed by atoms with Crippen molar-refractivity contribution in [2.75, 3.05) is 6.61 Å². The molecule has 6 heteroatoms. The van der Waals surface area contributed by atoms with Gasteiger partial charge in [0.25, 0.3) is 0 Å². The fourth-order valence-corrected chi connectivity index (χ4v) is 2.62. The molecule has 0 aliphatic carbocycles. The minimum absolute atomic E-state index is 0.132. The van der Waals surface area contributed by atoms with Crippen LogP contribution in [0.25, 0.3) is 21.8 Å². The lowest BCUT2D eigenvalue weighted by atomic mass is 10.1. The van der Waals surface area contributed by atoms with Gasteiger partial charge in [0.15, 0.2) is 0 Å². The van der Waals surface area contributed by atoms with E-state index in [1.165, 1.54) is 6.07 Å². The molecule has 0 bridgehead atoms. The van der Waals surface area contributed by atoms with Crippen molar-refractivity contribution >= 4 is 27.8 Å². The second-order valence-electron chi connectivity index (χ2n) is 5.24. The van der Waals surface area contributed by atoms with Crippen LogP contribution in [0.15, 0.2) is 36.4 Å². The summed E-state index contributed by atoms with van der Waals surface area (Å²) in [4.78, 5) is 14.6. The standard InChI is InChI=1S/C17H14F3NO2/c1-2-23-16(22)8-10-3-5-12-13-9-11(17(18,19)20)4-6-14(13)21-15(12)7-10/h3-7,9,21H,2,8H2,1H3. The molecule has 0 amide bonds. The monoisotopic (exact) mass is 321 g/mol. The summed E-state index contributed by atoms with van der Waals surface area (Å²) in [6.07, 6.45) is -4.24. The Morgan fingerprint density at radius 3 is 2.57 bits per heavy atom. The normalized spacial score (nSPS) is 12.0. The number of esters is 1. The van der Waals surface area contributed by atoms with E-state index in [4.69, 9.17) is 4.74 Å². The fraction of sp³-hybridized carbons (Fsp3) is 0.235. The van der Waals surface area contributed by atoms with Crippen LogP contribution in [0, 0.1) is 0 Å². The van der Waals surface area contributed by atoms with Gasteiger partial charge in [0.05, 0.1) is 18.6 Å². The van der Waals surface area contributed by atoms with Crippen molar-refractivity contribution in [1.82, 2.24) is 4.98 Å². The van der Waals surface area contributed by atoms with Crippen molar-refractivity contribution in [3.63, 3.8) is 0 Å². The lowest BCUT2D eigenvalue weighted by Crippen LogP contribution is -2.07. The quantitative estimate of drug-likeness (QED) is 0.724. The lowest BCUT2D eigenvalue weighted by molar-refractivity contribution is -0.142. The van der Waals surface area contributed by atoms with Crippen LogP contribution in [0.5, 0.6) is 0 Å². The van der Waals surface area contributed by atoms with Crippen LogP contribution in [-0.4, -0.2) is 17.6 Å². The summed E-state index contributed by atoms with van der Waals surface area (Å²) in [5.41, 5.74) is 1.39. The molecule has 0 aliphatic heterocycles. The summed E-state index contributed by atoms with van der Waals surface area (Å²) in [5.74, 6) is -0.331. The third-order valence-corrected chi connectivity index (χ3v) is 3.64. The number of H-pyrrole nitrogens is 1. The maximum atomic E-state index is 12.8. The van der Waals surface area contributed by atoms with Crippen LogP contribution in [0.4, 0.5) is 13.2 Å². The molecule has 0 radical (unpaired) electrons. The first-order valence-electron chi connectivity index (χ1n) is 7.15. The predicted octanol–water partition coefficient (Wildman–Crippen LogP) is 4.45. The van der Waals surface area contributed by atoms with Gasteiger partial charge in [-0.05, 0) is 36.8 Å². The molecule has 1 aromatic heterocycles. The zero-order valence-corrected chi connectivity index (χ0v) is 12.3. The van der Waals surface area contributed by atoms with Crippen molar-refractivity contribution in [2.45, 2.75) is 19.5 Å². The van der Waals surface area contributed by atoms with Crippen molar-refractivity contribution in [2.24, 2.45) is 0 Å². The molecule has 23 heavy (non-hydrogen) atoms. The van der Waals surface area contributed by atoms with Crippen molar-refractivity contribution < 1.29 is 22.7 Å². The topological polar surface area (TPSA) is 42.1 Å². The van der Waals surface area contributed by atoms with Crippen LogP contribution in [0.3, 0.4) is 0 Å². The van der Waals surface area contributed by atoms with Crippen molar-refractivity contribution in [3.8, 4) is 0 Å². The molecule has 2 aromatic carbocycles. The highest BCUT2D eigenvalue weighted by atomic mass is 19.4. The minimum Gasteiger partial charge on any atom is -0.466 e. The molecular weight excluding hydrogens is 307 g/mol. The highest BCUT2D eigenvalue weighted by Crippen LogP contribution is 2.34. The first kappa shape index (κ1) is 15.4. The van der Waals surface area contributed by atoms with Gasteiger partial charge in [-0.3, -0.25) is 4.79 Å². The lowest BCUT2D eigenvalue weighted by Gasteiger charge is -2.06. The number of carbonyl (C=O) groups excluding carboxylic acids is 1. The Balaban J connectivity index is 2.04. The molecule has 3 nitrogen and oxygen atoms in total. The molecule has 3 aromatic rings. The first-order valence-corrected chi connectivity index (χ1v) is 7.15. The van der Waals surface area contributed by atoms with E-state index in [9.17, 15) is 18.0 Å². The Morgan fingerprint density at radius 1 is 1.09 bits per heavy atom. The van der Waals surface area contributed by atoms with Crippen LogP contribution in [0.1, 0.15) is 18.1 Å². The number of aromatic amines is 1. The highest BCUT2D eigenvalue weighted by Gasteiger charge is 2.30. The zero-order chi connectivity index (χ0) is 16.6. The van der Waals surface area contributed by atoms with Crippen LogP contribution in [0.2, 0.25) is 0 Å². The number of benzene rings is 2. The molecule has 0 atom stereocenters. The molecular formula is C17H14F3NO2. The molecule has 1 N–H and O–H groups in total. The number of nitrogens with one attached hydrogen (secondary N) is 1. The molecule has 0 saturated heterocycles. The maximum Gasteiger partial charge on any atom is 0.416 e. The summed E-state index contributed by atoms with van der Waals surface area (Å²) in [6.45, 7) is 2.05. The van der Waals surface area contributed by atoms with E-state index in [0.717, 1.165) is 17.7 Å². The van der Waals surface area contributed by atoms with Gasteiger partial charge in [-0.15, -0.1) is 0 Å². The van der Waals surface area contributed by atoms with Gasteiger partial charge in [0, 0.05) is 21.8 Å². The average Bonchev–Trinajstić information content (AvgIpc) is 2.83. The van der Waals surface area contributed by atoms with E-state index in [1.54, 1.807) is 25.1 Å². The minimum atomic E-state index is -4.37. The number of rotatable bonds is 3. The van der Waals surface area contributed by atoms with Gasteiger partial charge >= 0.3 is 12.1 Å². The molecule has 1 heterocycles. The van der Waals surface area contributed by atoms with Crippen LogP contribution in [-0.2, 0) is 22.1 Å². The number of ether oxygens (including phenoxy) is 1. The Morgan fingerprint density at radius 2 is 1.87 bits per heavy atom. The second-order valence-corrected chi connectivity index (χ2v) is 5.24. The van der Waals surface area contributed by atoms with Gasteiger partial charge in [-0.1, -0.05) is 12.1 Å².